The maximum Gasteiger partial charge on any atom is 0.433 e. The molecular weight excluding hydrogens is 449 g/mol. The molecule has 32 heavy (non-hydrogen) atoms. The summed E-state index contributed by atoms with van der Waals surface area (Å²) >= 11 is 0. The monoisotopic (exact) mass is 472 g/mol. The Labute approximate surface area is 183 Å². The maximum absolute atomic E-state index is 13.0. The van der Waals surface area contributed by atoms with Gasteiger partial charge < -0.3 is 14.4 Å². The van der Waals surface area contributed by atoms with Gasteiger partial charge in [0.15, 0.2) is 0 Å². The molecule has 2 fully saturated rings. The Morgan fingerprint density at radius 3 is 2.81 bits per heavy atom. The lowest BCUT2D eigenvalue weighted by Crippen LogP contribution is -2.49. The van der Waals surface area contributed by atoms with Crippen molar-refractivity contribution in [3.63, 3.8) is 0 Å². The normalized spacial score (nSPS) is 24.1. The van der Waals surface area contributed by atoms with Gasteiger partial charge in [-0.3, -0.25) is 0 Å². The Morgan fingerprint density at radius 2 is 2.06 bits per heavy atom. The third-order valence-electron chi connectivity index (χ3n) is 5.70. The number of alkyl halides is 3. The lowest BCUT2D eigenvalue weighted by atomic mass is 9.89. The zero-order valence-electron chi connectivity index (χ0n) is 17.3. The molecule has 0 amide bonds. The van der Waals surface area contributed by atoms with E-state index in [0.717, 1.165) is 12.4 Å². The van der Waals surface area contributed by atoms with Crippen molar-refractivity contribution < 1.29 is 31.1 Å². The fourth-order valence-corrected chi connectivity index (χ4v) is 5.69. The molecule has 3 heterocycles. The fraction of sp³-hybridized carbons (Fsp3) is 0.500. The number of ether oxygens (including phenoxy) is 2. The van der Waals surface area contributed by atoms with Crippen LogP contribution in [0.5, 0.6) is 5.75 Å². The molecule has 2 unspecified atom stereocenters. The van der Waals surface area contributed by atoms with Crippen LogP contribution in [-0.4, -0.2) is 56.8 Å². The first-order valence-electron chi connectivity index (χ1n) is 10.1. The molecule has 174 valence electrons. The average Bonchev–Trinajstić information content (AvgIpc) is 3.13. The summed E-state index contributed by atoms with van der Waals surface area (Å²) in [4.78, 5) is 9.08. The van der Waals surface area contributed by atoms with Crippen molar-refractivity contribution in [3.8, 4) is 5.75 Å². The van der Waals surface area contributed by atoms with Gasteiger partial charge in [0.05, 0.1) is 19.3 Å². The van der Waals surface area contributed by atoms with Gasteiger partial charge in [-0.25, -0.2) is 23.1 Å². The van der Waals surface area contributed by atoms with E-state index in [2.05, 4.69) is 14.7 Å². The van der Waals surface area contributed by atoms with Crippen LogP contribution in [0.3, 0.4) is 0 Å². The Morgan fingerprint density at radius 1 is 1.28 bits per heavy atom. The second-order valence-corrected chi connectivity index (χ2v) is 9.63. The van der Waals surface area contributed by atoms with Gasteiger partial charge in [-0.1, -0.05) is 12.1 Å². The van der Waals surface area contributed by atoms with Crippen LogP contribution in [-0.2, 0) is 20.9 Å². The second-order valence-electron chi connectivity index (χ2n) is 7.95. The topological polar surface area (TPSA) is 93.7 Å². The zero-order chi connectivity index (χ0) is 23.0. The van der Waals surface area contributed by atoms with Crippen molar-refractivity contribution >= 4 is 15.8 Å². The van der Waals surface area contributed by atoms with E-state index in [4.69, 9.17) is 9.47 Å². The van der Waals surface area contributed by atoms with Gasteiger partial charge in [0.25, 0.3) is 0 Å². The van der Waals surface area contributed by atoms with Crippen molar-refractivity contribution in [1.29, 1.82) is 0 Å². The van der Waals surface area contributed by atoms with Gasteiger partial charge >= 0.3 is 6.18 Å². The number of aromatic nitrogens is 2. The summed E-state index contributed by atoms with van der Waals surface area (Å²) in [5.41, 5.74) is -1.67. The smallest absolute Gasteiger partial charge is 0.433 e. The van der Waals surface area contributed by atoms with Crippen LogP contribution in [0.15, 0.2) is 41.6 Å². The molecule has 0 radical (unpaired) electrons. The molecule has 1 spiro atoms. The molecule has 4 rings (SSSR count). The molecule has 8 nitrogen and oxygen atoms in total. The summed E-state index contributed by atoms with van der Waals surface area (Å²) in [6.45, 7) is 1.00. The molecule has 1 aromatic carbocycles. The molecule has 2 aliphatic heterocycles. The average molecular weight is 472 g/mol. The number of rotatable bonds is 5. The summed E-state index contributed by atoms with van der Waals surface area (Å²) in [5, 5.41) is 0. The molecule has 1 aromatic heterocycles. The van der Waals surface area contributed by atoms with Gasteiger partial charge in [0, 0.05) is 25.2 Å². The second kappa shape index (κ2) is 8.49. The highest BCUT2D eigenvalue weighted by atomic mass is 32.2. The van der Waals surface area contributed by atoms with E-state index in [-0.39, 0.29) is 23.1 Å². The number of hydrogen-bond donors (Lipinski definition) is 1. The fourth-order valence-electron chi connectivity index (χ4n) is 4.30. The summed E-state index contributed by atoms with van der Waals surface area (Å²) in [6.07, 6.45) is -1.91. The van der Waals surface area contributed by atoms with Crippen molar-refractivity contribution in [2.45, 2.75) is 42.0 Å². The molecule has 2 aromatic rings. The minimum atomic E-state index is -4.56. The van der Waals surface area contributed by atoms with Crippen LogP contribution in [0.2, 0.25) is 0 Å². The summed E-state index contributed by atoms with van der Waals surface area (Å²) < 4.78 is 78.7. The minimum absolute atomic E-state index is 0.0365. The number of nitrogens with one attached hydrogen (secondary N) is 1. The molecule has 0 saturated carbocycles. The number of piperidine rings is 1. The van der Waals surface area contributed by atoms with E-state index < -0.39 is 33.5 Å². The predicted octanol–water partition coefficient (Wildman–Crippen LogP) is 2.61. The van der Waals surface area contributed by atoms with Crippen LogP contribution in [0, 0.1) is 0 Å². The summed E-state index contributed by atoms with van der Waals surface area (Å²) in [6, 6.07) is 6.77. The quantitative estimate of drug-likeness (QED) is 0.715. The molecule has 2 atom stereocenters. The first kappa shape index (κ1) is 22.7. The molecule has 0 aliphatic carbocycles. The standard InChI is InChI=1S/C20H23F3N4O4S/c1-30-15-5-2-3-6-16(15)32(28,29)26-14-10-19(31-11-14)7-4-8-27(12-19)18-9-17(20(21,22)23)24-13-25-18/h2-3,5-6,9,13-14,26H,4,7-8,10-12H2,1H3. The molecule has 0 bridgehead atoms. The van der Waals surface area contributed by atoms with Gasteiger partial charge in [0.1, 0.15) is 28.5 Å². The Kier molecular flexibility index (Phi) is 6.03. The number of sulfonamides is 1. The van der Waals surface area contributed by atoms with Gasteiger partial charge in [-0.05, 0) is 31.4 Å². The van der Waals surface area contributed by atoms with Crippen LogP contribution in [0.1, 0.15) is 25.0 Å². The zero-order valence-corrected chi connectivity index (χ0v) is 18.1. The van der Waals surface area contributed by atoms with E-state index in [1.54, 1.807) is 23.1 Å². The van der Waals surface area contributed by atoms with Crippen molar-refractivity contribution in [2.75, 3.05) is 31.7 Å². The highest BCUT2D eigenvalue weighted by molar-refractivity contribution is 7.89. The molecule has 2 aliphatic rings. The number of anilines is 1. The summed E-state index contributed by atoms with van der Waals surface area (Å²) in [5.74, 6) is 0.412. The van der Waals surface area contributed by atoms with Crippen molar-refractivity contribution in [1.82, 2.24) is 14.7 Å². The first-order chi connectivity index (χ1) is 15.1. The van der Waals surface area contributed by atoms with Gasteiger partial charge in [-0.2, -0.15) is 13.2 Å². The third kappa shape index (κ3) is 4.66. The number of halogens is 3. The first-order valence-corrected chi connectivity index (χ1v) is 11.5. The Balaban J connectivity index is 1.47. The SMILES string of the molecule is COc1ccccc1S(=O)(=O)NC1COC2(CCCN(c3cc(C(F)(F)F)ncn3)C2)C1. The van der Waals surface area contributed by atoms with Crippen molar-refractivity contribution in [3.05, 3.63) is 42.4 Å². The molecule has 2 saturated heterocycles. The Bertz CT molecular complexity index is 1080. The van der Waals surface area contributed by atoms with Crippen LogP contribution in [0.4, 0.5) is 19.0 Å². The van der Waals surface area contributed by atoms with Gasteiger partial charge in [-0.15, -0.1) is 0 Å². The van der Waals surface area contributed by atoms with Gasteiger partial charge in [0.2, 0.25) is 10.0 Å². The third-order valence-corrected chi connectivity index (χ3v) is 7.26. The van der Waals surface area contributed by atoms with Crippen LogP contribution < -0.4 is 14.4 Å². The van der Waals surface area contributed by atoms with E-state index in [9.17, 15) is 21.6 Å². The number of methoxy groups -OCH3 is 1. The molecule has 12 heteroatoms. The van der Waals surface area contributed by atoms with E-state index in [1.165, 1.54) is 13.2 Å². The number of benzene rings is 1. The van der Waals surface area contributed by atoms with E-state index in [1.807, 2.05) is 0 Å². The van der Waals surface area contributed by atoms with Crippen LogP contribution >= 0.6 is 0 Å². The minimum Gasteiger partial charge on any atom is -0.495 e. The predicted molar refractivity (Wildman–Crippen MR) is 109 cm³/mol. The van der Waals surface area contributed by atoms with E-state index >= 15 is 0 Å². The molecular formula is C20H23F3N4O4S. The number of nitrogens with zero attached hydrogens (tertiary/aromatic N) is 3. The summed E-state index contributed by atoms with van der Waals surface area (Å²) in [7, 11) is -2.44. The lowest BCUT2D eigenvalue weighted by Gasteiger charge is -2.40. The maximum atomic E-state index is 13.0. The van der Waals surface area contributed by atoms with Crippen molar-refractivity contribution in [2.24, 2.45) is 0 Å². The largest absolute Gasteiger partial charge is 0.495 e. The Hall–Kier alpha value is -2.44. The number of para-hydroxylation sites is 1. The van der Waals surface area contributed by atoms with Crippen LogP contribution in [0.25, 0.3) is 0 Å². The lowest BCUT2D eigenvalue weighted by molar-refractivity contribution is -0.141. The highest BCUT2D eigenvalue weighted by Gasteiger charge is 2.45. The number of hydrogen-bond acceptors (Lipinski definition) is 7. The van der Waals surface area contributed by atoms with E-state index in [0.29, 0.717) is 32.4 Å². The highest BCUT2D eigenvalue weighted by Crippen LogP contribution is 2.37. The molecule has 1 N–H and O–H groups in total.